The van der Waals surface area contributed by atoms with Crippen molar-refractivity contribution >= 4 is 35.6 Å². The van der Waals surface area contributed by atoms with E-state index in [2.05, 4.69) is 5.32 Å². The van der Waals surface area contributed by atoms with Crippen LogP contribution in [0, 0.1) is 0 Å². The highest BCUT2D eigenvalue weighted by Gasteiger charge is 2.26. The zero-order valence-corrected chi connectivity index (χ0v) is 17.1. The molecule has 150 valence electrons. The lowest BCUT2D eigenvalue weighted by molar-refractivity contribution is -0.120. The fourth-order valence-corrected chi connectivity index (χ4v) is 3.06. The molecule has 0 fully saturated rings. The highest BCUT2D eigenvalue weighted by Crippen LogP contribution is 2.31. The number of carbonyl (C=O) groups is 2. The zero-order valence-electron chi connectivity index (χ0n) is 16.3. The molecule has 0 spiro atoms. The number of benzene rings is 2. The topological polar surface area (TPSA) is 84.7 Å². The molecule has 3 N–H and O–H groups in total. The van der Waals surface area contributed by atoms with Crippen LogP contribution in [0.25, 0.3) is 0 Å². The summed E-state index contributed by atoms with van der Waals surface area (Å²) in [5.41, 5.74) is 8.35. The number of fused-ring (bicyclic) bond motifs is 1. The molecule has 0 unspecified atom stereocenters. The Morgan fingerprint density at radius 2 is 1.96 bits per heavy atom. The number of amides is 2. The van der Waals surface area contributed by atoms with Crippen LogP contribution in [0.1, 0.15) is 25.0 Å². The summed E-state index contributed by atoms with van der Waals surface area (Å²) in [5, 5.41) is 2.82. The Morgan fingerprint density at radius 3 is 2.64 bits per heavy atom. The quantitative estimate of drug-likeness (QED) is 0.803. The highest BCUT2D eigenvalue weighted by molar-refractivity contribution is 6.00. The Kier molecular flexibility index (Phi) is 6.69. The van der Waals surface area contributed by atoms with Crippen LogP contribution in [0.3, 0.4) is 0 Å². The molecule has 0 atom stereocenters. The molecule has 28 heavy (non-hydrogen) atoms. The van der Waals surface area contributed by atoms with Gasteiger partial charge in [0.15, 0.2) is 0 Å². The van der Waals surface area contributed by atoms with Gasteiger partial charge < -0.3 is 20.7 Å². The summed E-state index contributed by atoms with van der Waals surface area (Å²) in [7, 11) is 1.61. The molecule has 0 aromatic heterocycles. The number of anilines is 2. The van der Waals surface area contributed by atoms with Gasteiger partial charge in [-0.1, -0.05) is 18.2 Å². The van der Waals surface area contributed by atoms with E-state index in [1.165, 1.54) is 0 Å². The Labute approximate surface area is 171 Å². The van der Waals surface area contributed by atoms with Crippen molar-refractivity contribution in [1.29, 1.82) is 0 Å². The maximum atomic E-state index is 12.8. The van der Waals surface area contributed by atoms with E-state index >= 15 is 0 Å². The van der Waals surface area contributed by atoms with Crippen molar-refractivity contribution < 1.29 is 14.3 Å². The third-order valence-corrected chi connectivity index (χ3v) is 4.61. The molecule has 2 amide bonds. The van der Waals surface area contributed by atoms with Crippen molar-refractivity contribution in [3.8, 4) is 5.75 Å². The molecule has 1 aliphatic rings. The second-order valence-electron chi connectivity index (χ2n) is 7.34. The van der Waals surface area contributed by atoms with Gasteiger partial charge in [0.05, 0.1) is 19.1 Å². The van der Waals surface area contributed by atoms with E-state index in [9.17, 15) is 9.59 Å². The summed E-state index contributed by atoms with van der Waals surface area (Å²) < 4.78 is 5.22. The minimum Gasteiger partial charge on any atom is -0.497 e. The van der Waals surface area contributed by atoms with E-state index in [0.717, 1.165) is 29.0 Å². The van der Waals surface area contributed by atoms with Crippen LogP contribution < -0.4 is 20.7 Å². The molecular formula is C21H26ClN3O3. The van der Waals surface area contributed by atoms with Gasteiger partial charge in [0, 0.05) is 17.9 Å². The van der Waals surface area contributed by atoms with Crippen molar-refractivity contribution in [2.24, 2.45) is 5.73 Å². The van der Waals surface area contributed by atoms with Gasteiger partial charge in [-0.2, -0.15) is 0 Å². The summed E-state index contributed by atoms with van der Waals surface area (Å²) in [5.74, 6) is 0.482. The fraction of sp³-hybridized carbons (Fsp3) is 0.333. The lowest BCUT2D eigenvalue weighted by atomic mass is 10.1. The summed E-state index contributed by atoms with van der Waals surface area (Å²) in [6, 6.07) is 13.2. The van der Waals surface area contributed by atoms with Crippen LogP contribution in [-0.2, 0) is 22.4 Å². The van der Waals surface area contributed by atoms with Gasteiger partial charge in [0.25, 0.3) is 0 Å². The van der Waals surface area contributed by atoms with Gasteiger partial charge in [0.1, 0.15) is 5.75 Å². The third kappa shape index (κ3) is 4.82. The average Bonchev–Trinajstić information content (AvgIpc) is 3.04. The van der Waals surface area contributed by atoms with Crippen LogP contribution >= 0.6 is 12.4 Å². The maximum absolute atomic E-state index is 12.8. The molecule has 0 aliphatic carbocycles. The van der Waals surface area contributed by atoms with E-state index in [0.29, 0.717) is 18.7 Å². The van der Waals surface area contributed by atoms with Gasteiger partial charge in [-0.15, -0.1) is 12.4 Å². The second-order valence-corrected chi connectivity index (χ2v) is 7.34. The first-order valence-electron chi connectivity index (χ1n) is 8.94. The predicted molar refractivity (Wildman–Crippen MR) is 113 cm³/mol. The van der Waals surface area contributed by atoms with Crippen molar-refractivity contribution in [3.05, 3.63) is 53.6 Å². The molecule has 0 bridgehead atoms. The first-order valence-corrected chi connectivity index (χ1v) is 8.94. The van der Waals surface area contributed by atoms with Crippen molar-refractivity contribution in [1.82, 2.24) is 0 Å². The molecular weight excluding hydrogens is 378 g/mol. The normalized spacial score (nSPS) is 12.8. The number of nitrogens with two attached hydrogens (primary N) is 1. The molecule has 3 rings (SSSR count). The van der Waals surface area contributed by atoms with Crippen molar-refractivity contribution in [3.63, 3.8) is 0 Å². The molecule has 0 saturated carbocycles. The van der Waals surface area contributed by atoms with E-state index < -0.39 is 5.54 Å². The number of methoxy groups -OCH3 is 1. The smallest absolute Gasteiger partial charge is 0.243 e. The number of rotatable bonds is 5. The number of carbonyl (C=O) groups excluding carboxylic acids is 2. The summed E-state index contributed by atoms with van der Waals surface area (Å²) in [6.45, 7) is 3.94. The number of ether oxygens (including phenoxy) is 1. The van der Waals surface area contributed by atoms with E-state index in [4.69, 9.17) is 10.5 Å². The lowest BCUT2D eigenvalue weighted by Crippen LogP contribution is -2.45. The van der Waals surface area contributed by atoms with Gasteiger partial charge in [-0.25, -0.2) is 0 Å². The number of nitrogens with zero attached hydrogens (tertiary/aromatic N) is 1. The Balaban J connectivity index is 0.00000280. The molecule has 6 nitrogen and oxygen atoms in total. The van der Waals surface area contributed by atoms with Gasteiger partial charge in [-0.05, 0) is 55.7 Å². The monoisotopic (exact) mass is 403 g/mol. The Morgan fingerprint density at radius 1 is 1.21 bits per heavy atom. The fourth-order valence-electron chi connectivity index (χ4n) is 3.06. The molecule has 7 heteroatoms. The Hall–Kier alpha value is -2.57. The van der Waals surface area contributed by atoms with Crippen LogP contribution in [0.5, 0.6) is 5.75 Å². The molecule has 1 heterocycles. The van der Waals surface area contributed by atoms with Gasteiger partial charge in [-0.3, -0.25) is 9.59 Å². The Bertz CT molecular complexity index is 877. The third-order valence-electron chi connectivity index (χ3n) is 4.61. The first-order chi connectivity index (χ1) is 12.8. The lowest BCUT2D eigenvalue weighted by Gasteiger charge is -2.20. The van der Waals surface area contributed by atoms with E-state index in [1.54, 1.807) is 25.9 Å². The van der Waals surface area contributed by atoms with Crippen molar-refractivity contribution in [2.45, 2.75) is 32.2 Å². The average molecular weight is 404 g/mol. The largest absolute Gasteiger partial charge is 0.497 e. The number of nitrogens with one attached hydrogen (secondary N) is 1. The molecule has 1 aliphatic heterocycles. The van der Waals surface area contributed by atoms with Gasteiger partial charge in [0.2, 0.25) is 11.8 Å². The van der Waals surface area contributed by atoms with Gasteiger partial charge >= 0.3 is 0 Å². The predicted octanol–water partition coefficient (Wildman–Crippen LogP) is 2.92. The van der Waals surface area contributed by atoms with E-state index in [1.807, 2.05) is 42.5 Å². The highest BCUT2D eigenvalue weighted by atomic mass is 35.5. The van der Waals surface area contributed by atoms with E-state index in [-0.39, 0.29) is 24.2 Å². The summed E-state index contributed by atoms with van der Waals surface area (Å²) in [4.78, 5) is 26.7. The SMILES string of the molecule is COc1cccc(CC(=O)N2CCc3ccc(NC(=O)C(C)(C)N)cc32)c1.Cl. The second kappa shape index (κ2) is 8.63. The minimum atomic E-state index is -0.971. The number of halogens is 1. The van der Waals surface area contributed by atoms with Crippen LogP contribution in [0.2, 0.25) is 0 Å². The molecule has 0 radical (unpaired) electrons. The summed E-state index contributed by atoms with van der Waals surface area (Å²) >= 11 is 0. The number of hydrogen-bond donors (Lipinski definition) is 2. The molecule has 0 saturated heterocycles. The first kappa shape index (κ1) is 21.7. The summed E-state index contributed by atoms with van der Waals surface area (Å²) in [6.07, 6.45) is 1.10. The van der Waals surface area contributed by atoms with Crippen LogP contribution in [-0.4, -0.2) is 31.0 Å². The van der Waals surface area contributed by atoms with Crippen LogP contribution in [0.4, 0.5) is 11.4 Å². The standard InChI is InChI=1S/C21H25N3O3.ClH/c1-21(2,22)20(26)23-16-8-7-15-9-10-24(18(15)13-16)19(25)12-14-5-4-6-17(11-14)27-3;/h4-8,11,13H,9-10,12,22H2,1-3H3,(H,23,26);1H. The molecule has 2 aromatic rings. The minimum absolute atomic E-state index is 0. The van der Waals surface area contributed by atoms with Crippen LogP contribution in [0.15, 0.2) is 42.5 Å². The number of hydrogen-bond acceptors (Lipinski definition) is 4. The van der Waals surface area contributed by atoms with Crippen molar-refractivity contribution in [2.75, 3.05) is 23.9 Å². The molecule has 2 aromatic carbocycles. The maximum Gasteiger partial charge on any atom is 0.243 e. The zero-order chi connectivity index (χ0) is 19.6.